The maximum atomic E-state index is 5.68. The van der Waals surface area contributed by atoms with Gasteiger partial charge in [0.1, 0.15) is 5.82 Å². The van der Waals surface area contributed by atoms with Crippen LogP contribution in [-0.4, -0.2) is 16.5 Å². The van der Waals surface area contributed by atoms with Crippen molar-refractivity contribution in [3.8, 4) is 11.3 Å². The summed E-state index contributed by atoms with van der Waals surface area (Å²) >= 11 is 0. The summed E-state index contributed by atoms with van der Waals surface area (Å²) < 4.78 is 0. The number of nitrogens with two attached hydrogens (primary N) is 1. The number of hydrogen-bond donors (Lipinski definition) is 1. The molecule has 94 valence electrons. The Balaban J connectivity index is 2.44. The van der Waals surface area contributed by atoms with Crippen LogP contribution in [0.1, 0.15) is 29.9 Å². The molecule has 0 saturated carbocycles. The molecule has 0 aliphatic heterocycles. The fraction of sp³-hybridized carbons (Fsp3) is 0.333. The zero-order valence-corrected chi connectivity index (χ0v) is 11.1. The monoisotopic (exact) mass is 241 g/mol. The Hall–Kier alpha value is -1.74. The molecule has 0 aliphatic rings. The van der Waals surface area contributed by atoms with E-state index in [0.717, 1.165) is 22.8 Å². The second-order valence-electron chi connectivity index (χ2n) is 4.76. The van der Waals surface area contributed by atoms with Crippen LogP contribution in [0.25, 0.3) is 11.3 Å². The Morgan fingerprint density at radius 2 is 1.78 bits per heavy atom. The van der Waals surface area contributed by atoms with Crippen molar-refractivity contribution >= 4 is 0 Å². The van der Waals surface area contributed by atoms with Gasteiger partial charge >= 0.3 is 0 Å². The molecule has 2 N–H and O–H groups in total. The minimum atomic E-state index is 0.189. The molecule has 18 heavy (non-hydrogen) atoms. The van der Waals surface area contributed by atoms with E-state index < -0.39 is 0 Å². The third-order valence-corrected chi connectivity index (χ3v) is 3.01. The molecule has 2 rings (SSSR count). The molecule has 1 unspecified atom stereocenters. The number of aryl methyl sites for hydroxylation is 2. The van der Waals surface area contributed by atoms with Gasteiger partial charge in [0.25, 0.3) is 0 Å². The van der Waals surface area contributed by atoms with Crippen LogP contribution in [0.3, 0.4) is 0 Å². The van der Waals surface area contributed by atoms with Gasteiger partial charge in [-0.25, -0.2) is 9.97 Å². The van der Waals surface area contributed by atoms with E-state index in [1.165, 1.54) is 5.56 Å². The summed E-state index contributed by atoms with van der Waals surface area (Å²) in [5.74, 6) is 1.02. The molecular formula is C15H19N3. The number of rotatable bonds is 3. The lowest BCUT2D eigenvalue weighted by Crippen LogP contribution is -2.13. The molecule has 0 saturated heterocycles. The van der Waals surface area contributed by atoms with Crippen molar-refractivity contribution in [1.82, 2.24) is 9.97 Å². The summed E-state index contributed by atoms with van der Waals surface area (Å²) in [5, 5.41) is 0. The number of benzene rings is 1. The van der Waals surface area contributed by atoms with Gasteiger partial charge in [-0.15, -0.1) is 0 Å². The number of hydrogen-bond acceptors (Lipinski definition) is 3. The van der Waals surface area contributed by atoms with Crippen LogP contribution in [0.15, 0.2) is 30.3 Å². The molecule has 3 nitrogen and oxygen atoms in total. The van der Waals surface area contributed by atoms with Gasteiger partial charge in [-0.2, -0.15) is 0 Å². The third kappa shape index (κ3) is 2.74. The Bertz CT molecular complexity index is 532. The largest absolute Gasteiger partial charge is 0.330 e. The first kappa shape index (κ1) is 12.7. The van der Waals surface area contributed by atoms with Gasteiger partial charge in [-0.1, -0.05) is 36.8 Å². The van der Waals surface area contributed by atoms with Gasteiger partial charge in [-0.3, -0.25) is 0 Å². The third-order valence-electron chi connectivity index (χ3n) is 3.01. The lowest BCUT2D eigenvalue weighted by atomic mass is 10.1. The van der Waals surface area contributed by atoms with Crippen molar-refractivity contribution in [3.63, 3.8) is 0 Å². The van der Waals surface area contributed by atoms with Crippen molar-refractivity contribution < 1.29 is 0 Å². The molecule has 0 aliphatic carbocycles. The zero-order valence-electron chi connectivity index (χ0n) is 11.1. The molecule has 0 radical (unpaired) electrons. The molecule has 0 bridgehead atoms. The van der Waals surface area contributed by atoms with Crippen molar-refractivity contribution in [2.75, 3.05) is 6.54 Å². The van der Waals surface area contributed by atoms with Crippen molar-refractivity contribution in [2.45, 2.75) is 26.7 Å². The van der Waals surface area contributed by atoms with Gasteiger partial charge in [0.05, 0.1) is 5.69 Å². The summed E-state index contributed by atoms with van der Waals surface area (Å²) in [7, 11) is 0. The maximum absolute atomic E-state index is 5.68. The Morgan fingerprint density at radius 1 is 1.11 bits per heavy atom. The number of aromatic nitrogens is 2. The summed E-state index contributed by atoms with van der Waals surface area (Å²) in [6.45, 7) is 6.69. The Kier molecular flexibility index (Phi) is 3.72. The highest BCUT2D eigenvalue weighted by atomic mass is 14.9. The minimum absolute atomic E-state index is 0.189. The van der Waals surface area contributed by atoms with Gasteiger partial charge in [0.2, 0.25) is 0 Å². The normalized spacial score (nSPS) is 12.4. The van der Waals surface area contributed by atoms with Crippen molar-refractivity contribution in [1.29, 1.82) is 0 Å². The predicted octanol–water partition coefficient (Wildman–Crippen LogP) is 2.82. The smallest absolute Gasteiger partial charge is 0.133 e. The maximum Gasteiger partial charge on any atom is 0.133 e. The van der Waals surface area contributed by atoms with Crippen molar-refractivity contribution in [2.24, 2.45) is 5.73 Å². The van der Waals surface area contributed by atoms with Crippen LogP contribution < -0.4 is 5.73 Å². The average molecular weight is 241 g/mol. The van der Waals surface area contributed by atoms with Crippen LogP contribution >= 0.6 is 0 Å². The molecule has 0 fully saturated rings. The minimum Gasteiger partial charge on any atom is -0.330 e. The SMILES string of the molecule is Cc1ccc(-c2cc(C)nc(C(C)CN)n2)cc1. The predicted molar refractivity (Wildman–Crippen MR) is 74.4 cm³/mol. The fourth-order valence-electron chi connectivity index (χ4n) is 1.79. The van der Waals surface area contributed by atoms with Crippen LogP contribution in [0.2, 0.25) is 0 Å². The van der Waals surface area contributed by atoms with Gasteiger partial charge in [-0.05, 0) is 19.9 Å². The second kappa shape index (κ2) is 5.27. The van der Waals surface area contributed by atoms with E-state index in [0.29, 0.717) is 6.54 Å². The van der Waals surface area contributed by atoms with Gasteiger partial charge in [0, 0.05) is 23.7 Å². The summed E-state index contributed by atoms with van der Waals surface area (Å²) in [6.07, 6.45) is 0. The first-order chi connectivity index (χ1) is 8.60. The van der Waals surface area contributed by atoms with E-state index in [-0.39, 0.29) is 5.92 Å². The molecule has 1 heterocycles. The van der Waals surface area contributed by atoms with Gasteiger partial charge < -0.3 is 5.73 Å². The lowest BCUT2D eigenvalue weighted by molar-refractivity contribution is 0.708. The molecule has 1 aromatic heterocycles. The average Bonchev–Trinajstić information content (AvgIpc) is 2.38. The van der Waals surface area contributed by atoms with E-state index in [4.69, 9.17) is 5.73 Å². The van der Waals surface area contributed by atoms with Crippen LogP contribution in [0.4, 0.5) is 0 Å². The Morgan fingerprint density at radius 3 is 2.39 bits per heavy atom. The number of nitrogens with zero attached hydrogens (tertiary/aromatic N) is 2. The molecule has 0 spiro atoms. The van der Waals surface area contributed by atoms with Crippen LogP contribution in [0, 0.1) is 13.8 Å². The van der Waals surface area contributed by atoms with E-state index in [1.54, 1.807) is 0 Å². The van der Waals surface area contributed by atoms with E-state index >= 15 is 0 Å². The first-order valence-corrected chi connectivity index (χ1v) is 6.23. The van der Waals surface area contributed by atoms with Crippen molar-refractivity contribution in [3.05, 3.63) is 47.4 Å². The lowest BCUT2D eigenvalue weighted by Gasteiger charge is -2.10. The summed E-state index contributed by atoms with van der Waals surface area (Å²) in [5.41, 5.74) is 10.0. The highest BCUT2D eigenvalue weighted by molar-refractivity contribution is 5.59. The molecular weight excluding hydrogens is 222 g/mol. The van der Waals surface area contributed by atoms with Crippen LogP contribution in [0.5, 0.6) is 0 Å². The zero-order chi connectivity index (χ0) is 13.1. The molecule has 1 atom stereocenters. The van der Waals surface area contributed by atoms with Gasteiger partial charge in [0.15, 0.2) is 0 Å². The topological polar surface area (TPSA) is 51.8 Å². The standard InChI is InChI=1S/C15H19N3/c1-10-4-6-13(7-5-10)14-8-12(3)17-15(18-14)11(2)9-16/h4-8,11H,9,16H2,1-3H3. The van der Waals surface area contributed by atoms with E-state index in [2.05, 4.69) is 41.2 Å². The quantitative estimate of drug-likeness (QED) is 0.899. The molecule has 2 aromatic rings. The molecule has 0 amide bonds. The van der Waals surface area contributed by atoms with E-state index in [1.807, 2.05) is 19.9 Å². The molecule has 1 aromatic carbocycles. The summed E-state index contributed by atoms with van der Waals surface area (Å²) in [6, 6.07) is 10.4. The fourth-order valence-corrected chi connectivity index (χ4v) is 1.79. The highest BCUT2D eigenvalue weighted by Crippen LogP contribution is 2.20. The second-order valence-corrected chi connectivity index (χ2v) is 4.76. The van der Waals surface area contributed by atoms with Crippen LogP contribution in [-0.2, 0) is 0 Å². The summed E-state index contributed by atoms with van der Waals surface area (Å²) in [4.78, 5) is 9.07. The Labute approximate surface area is 108 Å². The molecule has 3 heteroatoms. The first-order valence-electron chi connectivity index (χ1n) is 6.23. The van der Waals surface area contributed by atoms with E-state index in [9.17, 15) is 0 Å². The highest BCUT2D eigenvalue weighted by Gasteiger charge is 2.10.